The van der Waals surface area contributed by atoms with Gasteiger partial charge in [0, 0.05) is 60.7 Å². The Morgan fingerprint density at radius 3 is 2.41 bits per heavy atom. The molecule has 3 N–H and O–H groups in total. The number of halogens is 1. The molecule has 390 valence electrons. The Balaban J connectivity index is 0.853. The number of sulfonamides is 1. The fourth-order valence-electron chi connectivity index (χ4n) is 10.0. The minimum atomic E-state index is -3.79. The number of carbonyl (C=O) groups excluding carboxylic acids is 5. The number of fused-ring (bicyclic) bond motifs is 1. The van der Waals surface area contributed by atoms with Gasteiger partial charge in [0.1, 0.15) is 16.7 Å². The topological polar surface area (TPSA) is 195 Å². The molecule has 0 spiro atoms. The summed E-state index contributed by atoms with van der Waals surface area (Å²) in [4.78, 5) is 66.1. The van der Waals surface area contributed by atoms with E-state index in [4.69, 9.17) is 25.8 Å². The number of piperidine rings is 3. The maximum absolute atomic E-state index is 14.2. The van der Waals surface area contributed by atoms with Gasteiger partial charge in [-0.15, -0.1) is 11.3 Å². The molecule has 0 bridgehead atoms. The number of hydrogen-bond donors (Lipinski definition) is 3. The van der Waals surface area contributed by atoms with Crippen molar-refractivity contribution < 1.29 is 46.6 Å². The molecule has 0 saturated carbocycles. The summed E-state index contributed by atoms with van der Waals surface area (Å²) in [7, 11) is -3.79. The number of rotatable bonds is 16. The number of nitrogens with one attached hydrogen (secondary N) is 3. The molecule has 3 fully saturated rings. The Kier molecular flexibility index (Phi) is 16.3. The van der Waals surface area contributed by atoms with Crippen LogP contribution in [-0.2, 0) is 39.6 Å². The number of benzene rings is 3. The molecule has 1 unspecified atom stereocenters. The Labute approximate surface area is 436 Å². The van der Waals surface area contributed by atoms with Crippen LogP contribution in [0.3, 0.4) is 0 Å². The molecule has 0 aliphatic carbocycles. The molecule has 3 aromatic carbocycles. The van der Waals surface area contributed by atoms with Crippen molar-refractivity contribution in [3.63, 3.8) is 0 Å². The third-order valence-electron chi connectivity index (χ3n) is 13.5. The number of amides is 4. The van der Waals surface area contributed by atoms with Gasteiger partial charge >= 0.3 is 18.0 Å². The predicted molar refractivity (Wildman–Crippen MR) is 284 cm³/mol. The molecular formula is C54H65ClN6O10S2. The first kappa shape index (κ1) is 53.3. The van der Waals surface area contributed by atoms with Crippen LogP contribution in [-0.4, -0.2) is 102 Å². The number of urea groups is 1. The van der Waals surface area contributed by atoms with Crippen molar-refractivity contribution in [2.24, 2.45) is 0 Å². The molecule has 0 radical (unpaired) electrons. The van der Waals surface area contributed by atoms with Crippen LogP contribution in [0.4, 0.5) is 16.2 Å². The summed E-state index contributed by atoms with van der Waals surface area (Å²) in [5.41, 5.74) is 3.23. The molecule has 2 aromatic heterocycles. The Bertz CT molecular complexity index is 2990. The summed E-state index contributed by atoms with van der Waals surface area (Å²) in [5, 5.41) is 10.2. The summed E-state index contributed by atoms with van der Waals surface area (Å²) in [6.07, 6.45) is 6.83. The Hall–Kier alpha value is -5.95. The van der Waals surface area contributed by atoms with E-state index >= 15 is 0 Å². The number of thiophene rings is 1. The zero-order valence-electron chi connectivity index (χ0n) is 42.3. The summed E-state index contributed by atoms with van der Waals surface area (Å²) < 4.78 is 48.6. The summed E-state index contributed by atoms with van der Waals surface area (Å²) in [6.45, 7) is 12.3. The average molecular weight is 1060 g/mol. The second-order valence-corrected chi connectivity index (χ2v) is 24.0. The van der Waals surface area contributed by atoms with Gasteiger partial charge < -0.3 is 34.3 Å². The van der Waals surface area contributed by atoms with E-state index in [0.717, 1.165) is 47.2 Å². The number of carbonyl (C=O) groups is 5. The van der Waals surface area contributed by atoms with Crippen LogP contribution in [0.1, 0.15) is 126 Å². The standard InChI is InChI=1S/C54H65ClN6O10S2/c1-7-8-27-69-51(65)49-47(70-32-45(63)71-53(2,3)4)46(55)48(72-49)38-12-10-14-40(30-38)56-41-22-26-61(54(5,6)31-41)73(67,68)33-34-11-9-13-39(28-34)57-52(66)59-23-19-35(20-24-59)36-15-16-42-37(29-36)21-25-60(42)43-17-18-44(62)58-50(43)64/h9-16,21,25,28-30,35,41,43,56H,7-8,17-20,22-24,26-27,31-33H2,1-6H3,(H,57,66)(H,58,62,64)/t41-,43?/m0/s1. The lowest BCUT2D eigenvalue weighted by Gasteiger charge is -2.45. The van der Waals surface area contributed by atoms with Gasteiger partial charge in [-0.1, -0.05) is 55.3 Å². The van der Waals surface area contributed by atoms with Gasteiger partial charge in [0.05, 0.1) is 17.2 Å². The molecule has 5 heterocycles. The largest absolute Gasteiger partial charge is 0.479 e. The fourth-order valence-corrected chi connectivity index (χ4v) is 13.5. The number of hydrogen-bond acceptors (Lipinski definition) is 12. The summed E-state index contributed by atoms with van der Waals surface area (Å²) in [6, 6.07) is 22.1. The van der Waals surface area contributed by atoms with Crippen molar-refractivity contribution >= 4 is 85.0 Å². The van der Waals surface area contributed by atoms with E-state index in [9.17, 15) is 32.4 Å². The highest BCUT2D eigenvalue weighted by molar-refractivity contribution is 7.88. The average Bonchev–Trinajstić information content (AvgIpc) is 3.90. The first-order valence-electron chi connectivity index (χ1n) is 25.0. The van der Waals surface area contributed by atoms with Gasteiger partial charge in [-0.25, -0.2) is 22.8 Å². The van der Waals surface area contributed by atoms with E-state index in [1.807, 2.05) is 67.9 Å². The van der Waals surface area contributed by atoms with Crippen LogP contribution in [0, 0.1) is 0 Å². The number of nitrogens with zero attached hydrogens (tertiary/aromatic N) is 3. The molecule has 8 rings (SSSR count). The van der Waals surface area contributed by atoms with Gasteiger partial charge in [0.15, 0.2) is 17.2 Å². The molecule has 4 amide bonds. The smallest absolute Gasteiger partial charge is 0.352 e. The molecule has 3 saturated heterocycles. The molecule has 3 aliphatic rings. The number of unbranched alkanes of at least 4 members (excludes halogenated alkanes) is 1. The maximum Gasteiger partial charge on any atom is 0.352 e. The molecular weight excluding hydrogens is 992 g/mol. The van der Waals surface area contributed by atoms with Gasteiger partial charge in [-0.05, 0) is 144 Å². The molecule has 73 heavy (non-hydrogen) atoms. The minimum absolute atomic E-state index is 0.0570. The fraction of sp³-hybridized carbons (Fsp3) is 0.463. The maximum atomic E-state index is 14.2. The van der Waals surface area contributed by atoms with Crippen molar-refractivity contribution in [3.8, 4) is 16.2 Å². The van der Waals surface area contributed by atoms with E-state index in [1.165, 1.54) is 5.56 Å². The number of aromatic nitrogens is 1. The molecule has 2 atom stereocenters. The normalized spacial score (nSPS) is 18.8. The van der Waals surface area contributed by atoms with E-state index in [0.29, 0.717) is 73.4 Å². The highest BCUT2D eigenvalue weighted by Crippen LogP contribution is 2.47. The zero-order valence-corrected chi connectivity index (χ0v) is 44.6. The molecule has 3 aliphatic heterocycles. The zero-order chi connectivity index (χ0) is 52.2. The van der Waals surface area contributed by atoms with Crippen molar-refractivity contribution in [2.45, 2.75) is 128 Å². The lowest BCUT2D eigenvalue weighted by molar-refractivity contribution is -0.157. The van der Waals surface area contributed by atoms with Crippen LogP contribution in [0.15, 0.2) is 79.0 Å². The second-order valence-electron chi connectivity index (χ2n) is 20.7. The summed E-state index contributed by atoms with van der Waals surface area (Å²) in [5.74, 6) is -1.64. The van der Waals surface area contributed by atoms with Crippen LogP contribution in [0.2, 0.25) is 5.02 Å². The van der Waals surface area contributed by atoms with E-state index in [2.05, 4.69) is 28.1 Å². The van der Waals surface area contributed by atoms with Crippen molar-refractivity contribution in [3.05, 3.63) is 100 Å². The van der Waals surface area contributed by atoms with Crippen LogP contribution < -0.4 is 20.7 Å². The van der Waals surface area contributed by atoms with E-state index in [1.54, 1.807) is 54.2 Å². The lowest BCUT2D eigenvalue weighted by atomic mass is 9.89. The second kappa shape index (κ2) is 22.3. The number of ether oxygens (including phenoxy) is 3. The molecule has 19 heteroatoms. The molecule has 16 nitrogen and oxygen atoms in total. The third-order valence-corrected chi connectivity index (χ3v) is 17.2. The highest BCUT2D eigenvalue weighted by atomic mass is 35.5. The lowest BCUT2D eigenvalue weighted by Crippen LogP contribution is -2.55. The van der Waals surface area contributed by atoms with Crippen molar-refractivity contribution in [1.29, 1.82) is 0 Å². The number of likely N-dealkylation sites (tertiary alicyclic amines) is 1. The van der Waals surface area contributed by atoms with Crippen LogP contribution >= 0.6 is 22.9 Å². The van der Waals surface area contributed by atoms with Gasteiger partial charge in [-0.3, -0.25) is 14.9 Å². The van der Waals surface area contributed by atoms with Gasteiger partial charge in [-0.2, -0.15) is 4.31 Å². The van der Waals surface area contributed by atoms with Gasteiger partial charge in [0.25, 0.3) is 0 Å². The number of esters is 2. The van der Waals surface area contributed by atoms with Crippen molar-refractivity contribution in [1.82, 2.24) is 19.1 Å². The predicted octanol–water partition coefficient (Wildman–Crippen LogP) is 10.3. The summed E-state index contributed by atoms with van der Waals surface area (Å²) >= 11 is 8.03. The number of imide groups is 1. The first-order valence-corrected chi connectivity index (χ1v) is 27.8. The van der Waals surface area contributed by atoms with Crippen LogP contribution in [0.25, 0.3) is 21.3 Å². The van der Waals surface area contributed by atoms with Crippen molar-refractivity contribution in [2.75, 3.05) is 43.5 Å². The Morgan fingerprint density at radius 2 is 1.68 bits per heavy atom. The highest BCUT2D eigenvalue weighted by Gasteiger charge is 2.42. The SMILES string of the molecule is CCCCOC(=O)c1sc(-c2cccc(N[C@H]3CCN(S(=O)(=O)Cc4cccc(NC(=O)N5CCC(c6ccc7c(ccn7C7CCC(=O)NC7=O)c6)CC5)c4)C(C)(C)C3)c2)c(Cl)c1OCC(=O)OC(C)(C)C. The van der Waals surface area contributed by atoms with E-state index < -0.39 is 45.8 Å². The number of anilines is 2. The Morgan fingerprint density at radius 1 is 0.932 bits per heavy atom. The quantitative estimate of drug-likeness (QED) is 0.0483. The third kappa shape index (κ3) is 12.9. The minimum Gasteiger partial charge on any atom is -0.479 e. The van der Waals surface area contributed by atoms with E-state index in [-0.39, 0.29) is 57.8 Å². The monoisotopic (exact) mass is 1060 g/mol. The first-order chi connectivity index (χ1) is 34.7. The molecule has 5 aromatic rings. The van der Waals surface area contributed by atoms with Crippen LogP contribution in [0.5, 0.6) is 5.75 Å². The van der Waals surface area contributed by atoms with Gasteiger partial charge in [0.2, 0.25) is 21.8 Å².